The first-order chi connectivity index (χ1) is 5.66. The van der Waals surface area contributed by atoms with Crippen molar-refractivity contribution in [3.8, 4) is 0 Å². The second-order valence-corrected chi connectivity index (χ2v) is 5.74. The Hall–Kier alpha value is -0.390. The van der Waals surface area contributed by atoms with Crippen molar-refractivity contribution in [2.75, 3.05) is 0 Å². The normalized spacial score (nSPS) is 10.8. The van der Waals surface area contributed by atoms with Crippen molar-refractivity contribution in [1.29, 1.82) is 0 Å². The van der Waals surface area contributed by atoms with Gasteiger partial charge in [0.15, 0.2) is 0 Å². The van der Waals surface area contributed by atoms with Gasteiger partial charge in [-0.25, -0.2) is 4.79 Å². The van der Waals surface area contributed by atoms with E-state index in [4.69, 9.17) is 5.11 Å². The molecule has 0 aromatic carbocycles. The minimum Gasteiger partial charge on any atom is -0.477 e. The topological polar surface area (TPSA) is 37.3 Å². The van der Waals surface area contributed by atoms with Crippen molar-refractivity contribution in [2.45, 2.75) is 0 Å². The molecule has 2 aromatic heterocycles. The molecule has 2 aromatic rings. The molecule has 0 aliphatic rings. The highest BCUT2D eigenvalue weighted by Crippen LogP contribution is 2.35. The fraction of sp³-hybridized carbons (Fsp3) is 0. The second-order valence-electron chi connectivity index (χ2n) is 2.19. The summed E-state index contributed by atoms with van der Waals surface area (Å²) in [6.45, 7) is 0. The maximum absolute atomic E-state index is 10.6. The lowest BCUT2D eigenvalue weighted by atomic mass is 10.4. The van der Waals surface area contributed by atoms with E-state index in [1.54, 1.807) is 17.4 Å². The number of hydrogen-bond donors (Lipinski definition) is 1. The van der Waals surface area contributed by atoms with Crippen LogP contribution in [0.5, 0.6) is 0 Å². The molecule has 0 aliphatic heterocycles. The van der Waals surface area contributed by atoms with Crippen LogP contribution in [0.3, 0.4) is 0 Å². The van der Waals surface area contributed by atoms with Crippen LogP contribution in [-0.4, -0.2) is 11.1 Å². The molecule has 0 aliphatic carbocycles. The van der Waals surface area contributed by atoms with Gasteiger partial charge in [0, 0.05) is 9.40 Å². The number of fused-ring (bicyclic) bond motifs is 1. The smallest absolute Gasteiger partial charge is 0.345 e. The third kappa shape index (κ3) is 1.28. The molecule has 0 radical (unpaired) electrons. The standard InChI is InChI=1S/C7H3BrO2S2/c8-6-2-4-3(12-6)1-5(11-4)7(9)10/h1-2H,(H,9,10). The number of hydrogen-bond acceptors (Lipinski definition) is 3. The van der Waals surface area contributed by atoms with Crippen LogP contribution in [0.1, 0.15) is 9.67 Å². The van der Waals surface area contributed by atoms with Crippen LogP contribution in [0, 0.1) is 0 Å². The molecular weight excluding hydrogens is 260 g/mol. The molecule has 2 heterocycles. The summed E-state index contributed by atoms with van der Waals surface area (Å²) in [6.07, 6.45) is 0. The second kappa shape index (κ2) is 2.83. The zero-order valence-electron chi connectivity index (χ0n) is 5.70. The Balaban J connectivity index is 2.64. The van der Waals surface area contributed by atoms with Gasteiger partial charge in [-0.3, -0.25) is 0 Å². The number of carboxylic acids is 1. The zero-order valence-corrected chi connectivity index (χ0v) is 8.92. The predicted molar refractivity (Wildman–Crippen MR) is 54.4 cm³/mol. The minimum absolute atomic E-state index is 0.406. The number of halogens is 1. The molecule has 1 N–H and O–H groups in total. The van der Waals surface area contributed by atoms with E-state index in [1.165, 1.54) is 11.3 Å². The molecule has 0 fully saturated rings. The molecule has 2 nitrogen and oxygen atoms in total. The van der Waals surface area contributed by atoms with E-state index in [1.807, 2.05) is 6.07 Å². The van der Waals surface area contributed by atoms with Gasteiger partial charge in [0.2, 0.25) is 0 Å². The first-order valence-electron chi connectivity index (χ1n) is 3.09. The van der Waals surface area contributed by atoms with Gasteiger partial charge in [0.05, 0.1) is 3.79 Å². The fourth-order valence-electron chi connectivity index (χ4n) is 0.912. The van der Waals surface area contributed by atoms with Crippen molar-refractivity contribution in [3.63, 3.8) is 0 Å². The average molecular weight is 263 g/mol. The SMILES string of the molecule is O=C(O)c1cc2sc(Br)cc2s1. The van der Waals surface area contributed by atoms with E-state index < -0.39 is 5.97 Å². The molecule has 0 saturated heterocycles. The minimum atomic E-state index is -0.848. The van der Waals surface area contributed by atoms with Gasteiger partial charge in [0.1, 0.15) is 4.88 Å². The van der Waals surface area contributed by atoms with Gasteiger partial charge >= 0.3 is 5.97 Å². The van der Waals surface area contributed by atoms with Crippen LogP contribution >= 0.6 is 38.6 Å². The molecule has 12 heavy (non-hydrogen) atoms. The molecule has 0 bridgehead atoms. The highest BCUT2D eigenvalue weighted by atomic mass is 79.9. The van der Waals surface area contributed by atoms with Crippen molar-refractivity contribution >= 4 is 54.0 Å². The van der Waals surface area contributed by atoms with Crippen LogP contribution < -0.4 is 0 Å². The Bertz CT molecular complexity index is 412. The van der Waals surface area contributed by atoms with Gasteiger partial charge in [0.25, 0.3) is 0 Å². The summed E-state index contributed by atoms with van der Waals surface area (Å²) in [7, 11) is 0. The molecule has 0 amide bonds. The lowest BCUT2D eigenvalue weighted by Crippen LogP contribution is -1.89. The Kier molecular flexibility index (Phi) is 1.94. The van der Waals surface area contributed by atoms with E-state index in [0.717, 1.165) is 13.2 Å². The maximum atomic E-state index is 10.6. The van der Waals surface area contributed by atoms with E-state index in [2.05, 4.69) is 15.9 Å². The van der Waals surface area contributed by atoms with Gasteiger partial charge in [-0.05, 0) is 28.1 Å². The monoisotopic (exact) mass is 262 g/mol. The van der Waals surface area contributed by atoms with Gasteiger partial charge < -0.3 is 5.11 Å². The molecule has 62 valence electrons. The lowest BCUT2D eigenvalue weighted by molar-refractivity contribution is 0.0702. The summed E-state index contributed by atoms with van der Waals surface area (Å²) in [5, 5.41) is 8.68. The van der Waals surface area contributed by atoms with Crippen LogP contribution in [0.4, 0.5) is 0 Å². The van der Waals surface area contributed by atoms with E-state index >= 15 is 0 Å². The highest BCUT2D eigenvalue weighted by Gasteiger charge is 2.09. The first kappa shape index (κ1) is 8.22. The summed E-state index contributed by atoms with van der Waals surface area (Å²) in [5.74, 6) is -0.848. The Morgan fingerprint density at radius 2 is 2.00 bits per heavy atom. The van der Waals surface area contributed by atoms with Crippen LogP contribution in [-0.2, 0) is 0 Å². The largest absolute Gasteiger partial charge is 0.477 e. The quantitative estimate of drug-likeness (QED) is 0.855. The Morgan fingerprint density at radius 1 is 1.33 bits per heavy atom. The fourth-order valence-corrected chi connectivity index (χ4v) is 3.78. The zero-order chi connectivity index (χ0) is 8.72. The number of carboxylic acid groups (broad SMARTS) is 1. The molecule has 0 spiro atoms. The summed E-state index contributed by atoms with van der Waals surface area (Å²) >= 11 is 6.20. The summed E-state index contributed by atoms with van der Waals surface area (Å²) in [5.41, 5.74) is 0. The third-order valence-electron chi connectivity index (χ3n) is 1.39. The summed E-state index contributed by atoms with van der Waals surface area (Å²) in [4.78, 5) is 11.0. The van der Waals surface area contributed by atoms with E-state index in [9.17, 15) is 4.79 Å². The van der Waals surface area contributed by atoms with Gasteiger partial charge in [-0.1, -0.05) is 0 Å². The molecule has 5 heteroatoms. The average Bonchev–Trinajstić information content (AvgIpc) is 2.42. The predicted octanol–water partition coefficient (Wildman–Crippen LogP) is 3.42. The van der Waals surface area contributed by atoms with Crippen molar-refractivity contribution < 1.29 is 9.90 Å². The molecule has 0 saturated carbocycles. The lowest BCUT2D eigenvalue weighted by Gasteiger charge is -1.80. The van der Waals surface area contributed by atoms with Crippen molar-refractivity contribution in [3.05, 3.63) is 20.8 Å². The summed E-state index contributed by atoms with van der Waals surface area (Å²) in [6, 6.07) is 3.65. The molecular formula is C7H3BrO2S2. The third-order valence-corrected chi connectivity index (χ3v) is 4.17. The molecule has 0 atom stereocenters. The first-order valence-corrected chi connectivity index (χ1v) is 5.51. The van der Waals surface area contributed by atoms with Crippen LogP contribution in [0.2, 0.25) is 0 Å². The van der Waals surface area contributed by atoms with Gasteiger partial charge in [-0.15, -0.1) is 22.7 Å². The number of aromatic carboxylic acids is 1. The van der Waals surface area contributed by atoms with Crippen LogP contribution in [0.25, 0.3) is 9.40 Å². The van der Waals surface area contributed by atoms with E-state index in [0.29, 0.717) is 4.88 Å². The Labute approximate surface area is 84.6 Å². The van der Waals surface area contributed by atoms with E-state index in [-0.39, 0.29) is 0 Å². The number of rotatable bonds is 1. The Morgan fingerprint density at radius 3 is 2.58 bits per heavy atom. The van der Waals surface area contributed by atoms with Crippen molar-refractivity contribution in [1.82, 2.24) is 0 Å². The van der Waals surface area contributed by atoms with Crippen LogP contribution in [0.15, 0.2) is 15.9 Å². The molecule has 0 unspecified atom stereocenters. The van der Waals surface area contributed by atoms with Crippen molar-refractivity contribution in [2.24, 2.45) is 0 Å². The number of carbonyl (C=O) groups is 1. The summed E-state index contributed by atoms with van der Waals surface area (Å²) < 4.78 is 3.11. The number of thiophene rings is 2. The molecule has 2 rings (SSSR count). The highest BCUT2D eigenvalue weighted by molar-refractivity contribution is 9.11. The van der Waals surface area contributed by atoms with Gasteiger partial charge in [-0.2, -0.15) is 0 Å². The maximum Gasteiger partial charge on any atom is 0.345 e.